The van der Waals surface area contributed by atoms with Gasteiger partial charge in [0.05, 0.1) is 0 Å². The Morgan fingerprint density at radius 3 is 3.09 bits per heavy atom. The van der Waals surface area contributed by atoms with Crippen LogP contribution in [0.5, 0.6) is 0 Å². The number of aldehydes is 1. The van der Waals surface area contributed by atoms with E-state index in [-0.39, 0.29) is 7.47 Å². The molecular weight excluding hydrogens is 138 g/mol. The summed E-state index contributed by atoms with van der Waals surface area (Å²) in [6.45, 7) is 0. The first-order valence-electron chi connectivity index (χ1n) is 3.49. The Kier molecular flexibility index (Phi) is 1.32. The number of rotatable bonds is 1. The van der Waals surface area contributed by atoms with E-state index in [2.05, 4.69) is 4.99 Å². The molecule has 0 saturated carbocycles. The molecule has 1 heterocycles. The number of fused-ring (bicyclic) bond motifs is 1. The number of hydrogen-bond acceptors (Lipinski definition) is 2. The molecule has 0 radical (unpaired) electrons. The highest BCUT2D eigenvalue weighted by molar-refractivity contribution is 5.89. The zero-order valence-corrected chi connectivity index (χ0v) is 5.90. The highest BCUT2D eigenvalue weighted by atomic mass is 16.1. The van der Waals surface area contributed by atoms with Crippen LogP contribution in [0, 0.1) is 0 Å². The smallest absolute Gasteiger partial charge is 0.301 e. The number of hydrogen-bond donors (Lipinski definition) is 0. The van der Waals surface area contributed by atoms with E-state index in [1.165, 1.54) is 0 Å². The summed E-state index contributed by atoms with van der Waals surface area (Å²) in [6, 6.07) is 7.50. The van der Waals surface area contributed by atoms with Crippen molar-refractivity contribution in [1.82, 2.24) is 0 Å². The van der Waals surface area contributed by atoms with Gasteiger partial charge in [-0.15, -0.1) is 0 Å². The molecule has 1 aliphatic heterocycles. The predicted octanol–water partition coefficient (Wildman–Crippen LogP) is 1.47. The lowest BCUT2D eigenvalue weighted by atomic mass is 10.1. The zero-order chi connectivity index (χ0) is 7.68. The van der Waals surface area contributed by atoms with Crippen LogP contribution in [0.2, 0.25) is 0 Å². The predicted molar refractivity (Wildman–Crippen MR) is 44.0 cm³/mol. The van der Waals surface area contributed by atoms with Crippen molar-refractivity contribution in [2.75, 3.05) is 0 Å². The monoisotopic (exact) mass is 146 g/mol. The van der Waals surface area contributed by atoms with Crippen molar-refractivity contribution >= 4 is 12.5 Å². The summed E-state index contributed by atoms with van der Waals surface area (Å²) in [6.07, 6.45) is 2.61. The highest BCUT2D eigenvalue weighted by Crippen LogP contribution is 2.23. The van der Waals surface area contributed by atoms with Crippen molar-refractivity contribution in [2.24, 2.45) is 4.99 Å². The Balaban J connectivity index is 0.000000720. The molecule has 1 atom stereocenters. The van der Waals surface area contributed by atoms with Gasteiger partial charge in [-0.3, -0.25) is 4.99 Å². The van der Waals surface area contributed by atoms with Crippen molar-refractivity contribution < 1.29 is 6.22 Å². The van der Waals surface area contributed by atoms with E-state index in [1.807, 2.05) is 24.3 Å². The lowest BCUT2D eigenvalue weighted by Crippen LogP contribution is -1.92. The van der Waals surface area contributed by atoms with Crippen molar-refractivity contribution in [3.05, 3.63) is 35.4 Å². The van der Waals surface area contributed by atoms with E-state index < -0.39 is 0 Å². The summed E-state index contributed by atoms with van der Waals surface area (Å²) in [7, 11) is 0. The second kappa shape index (κ2) is 2.31. The first-order valence-corrected chi connectivity index (χ1v) is 3.49. The van der Waals surface area contributed by atoms with Crippen LogP contribution in [0.15, 0.2) is 29.3 Å². The van der Waals surface area contributed by atoms with Gasteiger partial charge in [0.15, 0.2) is 0 Å². The standard InChI is InChI=1S/C9H7NO/c11-6-9-8-4-2-1-3-7(8)5-10-9/h1-6,9H/p+1. The molecule has 0 fully saturated rings. The van der Waals surface area contributed by atoms with Gasteiger partial charge >= 0.3 is 1.43 Å². The molecule has 1 unspecified atom stereocenters. The van der Waals surface area contributed by atoms with E-state index in [0.717, 1.165) is 17.4 Å². The minimum absolute atomic E-state index is 0. The van der Waals surface area contributed by atoms with E-state index in [4.69, 9.17) is 0 Å². The fourth-order valence-electron chi connectivity index (χ4n) is 1.25. The molecule has 0 aromatic heterocycles. The maximum atomic E-state index is 10.5. The van der Waals surface area contributed by atoms with Crippen LogP contribution in [0.1, 0.15) is 18.6 Å². The molecular formula is C9H8NO+. The van der Waals surface area contributed by atoms with Crippen LogP contribution in [-0.4, -0.2) is 12.5 Å². The Labute approximate surface area is 66.1 Å². The third kappa shape index (κ3) is 0.871. The van der Waals surface area contributed by atoms with Crippen molar-refractivity contribution in [1.29, 1.82) is 0 Å². The summed E-state index contributed by atoms with van der Waals surface area (Å²) in [5, 5.41) is 0. The molecule has 0 saturated heterocycles. The lowest BCUT2D eigenvalue weighted by molar-refractivity contribution is -0.108. The van der Waals surface area contributed by atoms with Crippen LogP contribution < -0.4 is 0 Å². The molecule has 2 rings (SSSR count). The van der Waals surface area contributed by atoms with Gasteiger partial charge in [-0.2, -0.15) is 0 Å². The molecule has 1 aliphatic rings. The van der Waals surface area contributed by atoms with Gasteiger partial charge in [-0.25, -0.2) is 0 Å². The third-order valence-electron chi connectivity index (χ3n) is 1.82. The van der Waals surface area contributed by atoms with Crippen LogP contribution in [-0.2, 0) is 4.79 Å². The van der Waals surface area contributed by atoms with Gasteiger partial charge < -0.3 is 4.79 Å². The molecule has 0 spiro atoms. The average Bonchev–Trinajstić information content (AvgIpc) is 2.47. The maximum Gasteiger partial charge on any atom is 1.00 e. The molecule has 0 aliphatic carbocycles. The van der Waals surface area contributed by atoms with Gasteiger partial charge in [-0.1, -0.05) is 24.3 Å². The quantitative estimate of drug-likeness (QED) is 0.551. The zero-order valence-electron chi connectivity index (χ0n) is 6.90. The van der Waals surface area contributed by atoms with Gasteiger partial charge in [0.2, 0.25) is 0 Å². The van der Waals surface area contributed by atoms with E-state index in [0.29, 0.717) is 0 Å². The molecule has 2 heteroatoms. The molecule has 0 N–H and O–H groups in total. The maximum absolute atomic E-state index is 10.5. The largest absolute Gasteiger partial charge is 1.00 e. The molecule has 1 aromatic rings. The first kappa shape index (κ1) is 6.28. The average molecular weight is 146 g/mol. The Bertz CT molecular complexity index is 322. The van der Waals surface area contributed by atoms with E-state index in [1.54, 1.807) is 6.21 Å². The summed E-state index contributed by atoms with van der Waals surface area (Å²) in [4.78, 5) is 14.5. The minimum atomic E-state index is -0.258. The summed E-state index contributed by atoms with van der Waals surface area (Å²) >= 11 is 0. The number of carbonyl (C=O) groups is 1. The fourth-order valence-corrected chi connectivity index (χ4v) is 1.25. The van der Waals surface area contributed by atoms with Crippen molar-refractivity contribution in [3.63, 3.8) is 0 Å². The van der Waals surface area contributed by atoms with Crippen LogP contribution >= 0.6 is 0 Å². The summed E-state index contributed by atoms with van der Waals surface area (Å²) in [5.74, 6) is 0. The number of aliphatic imine (C=N–C) groups is 1. The van der Waals surface area contributed by atoms with Gasteiger partial charge in [-0.05, 0) is 11.1 Å². The molecule has 54 valence electrons. The second-order valence-corrected chi connectivity index (χ2v) is 2.49. The molecule has 0 bridgehead atoms. The topological polar surface area (TPSA) is 29.4 Å². The van der Waals surface area contributed by atoms with Gasteiger partial charge in [0, 0.05) is 6.21 Å². The third-order valence-corrected chi connectivity index (χ3v) is 1.82. The Morgan fingerprint density at radius 1 is 1.45 bits per heavy atom. The van der Waals surface area contributed by atoms with Crippen molar-refractivity contribution in [3.8, 4) is 0 Å². The number of carbonyl (C=O) groups excluding carboxylic acids is 1. The molecule has 1 aromatic carbocycles. The first-order chi connectivity index (χ1) is 5.42. The highest BCUT2D eigenvalue weighted by Gasteiger charge is 2.15. The Hall–Kier alpha value is -1.44. The van der Waals surface area contributed by atoms with E-state index in [9.17, 15) is 4.79 Å². The molecule has 0 amide bonds. The normalized spacial score (nSPS) is 19.8. The lowest BCUT2D eigenvalue weighted by Gasteiger charge is -1.98. The van der Waals surface area contributed by atoms with Crippen LogP contribution in [0.4, 0.5) is 0 Å². The summed E-state index contributed by atoms with van der Waals surface area (Å²) < 4.78 is 0. The van der Waals surface area contributed by atoms with Crippen molar-refractivity contribution in [2.45, 2.75) is 6.04 Å². The fraction of sp³-hybridized carbons (Fsp3) is 0.111. The number of benzene rings is 1. The van der Waals surface area contributed by atoms with Crippen LogP contribution in [0.25, 0.3) is 0 Å². The van der Waals surface area contributed by atoms with E-state index >= 15 is 0 Å². The molecule has 11 heavy (non-hydrogen) atoms. The summed E-state index contributed by atoms with van der Waals surface area (Å²) in [5.41, 5.74) is 2.08. The second-order valence-electron chi connectivity index (χ2n) is 2.49. The van der Waals surface area contributed by atoms with Crippen LogP contribution in [0.3, 0.4) is 0 Å². The molecule has 2 nitrogen and oxygen atoms in total. The minimum Gasteiger partial charge on any atom is -0.301 e. The SMILES string of the molecule is O=CC1N=Cc2ccccc21.[H+]. The van der Waals surface area contributed by atoms with Gasteiger partial charge in [0.25, 0.3) is 0 Å². The Morgan fingerprint density at radius 2 is 2.27 bits per heavy atom. The number of nitrogens with zero attached hydrogens (tertiary/aromatic N) is 1. The van der Waals surface area contributed by atoms with Gasteiger partial charge in [0.1, 0.15) is 12.3 Å².